The molecule has 1 aliphatic rings. The molecule has 2 aromatic rings. The summed E-state index contributed by atoms with van der Waals surface area (Å²) < 4.78 is 5.10. The minimum absolute atomic E-state index is 0.115. The predicted octanol–water partition coefficient (Wildman–Crippen LogP) is 3.11. The van der Waals surface area contributed by atoms with Crippen LogP contribution in [0.4, 0.5) is 17.1 Å². The van der Waals surface area contributed by atoms with Gasteiger partial charge in [0, 0.05) is 24.9 Å². The fourth-order valence-electron chi connectivity index (χ4n) is 2.96. The van der Waals surface area contributed by atoms with Crippen molar-refractivity contribution in [3.63, 3.8) is 0 Å². The number of benzene rings is 2. The third-order valence-corrected chi connectivity index (χ3v) is 4.45. The summed E-state index contributed by atoms with van der Waals surface area (Å²) in [6.07, 6.45) is 0.115. The topological polar surface area (TPSA) is 102 Å². The molecule has 2 aromatic carbocycles. The molecule has 1 N–H and O–H groups in total. The number of nitro groups is 1. The number of rotatable bonds is 6. The first-order valence-electron chi connectivity index (χ1n) is 8.42. The summed E-state index contributed by atoms with van der Waals surface area (Å²) in [5, 5.41) is 14.5. The number of nitrogens with zero attached hydrogens (tertiary/aromatic N) is 2. The van der Waals surface area contributed by atoms with Crippen molar-refractivity contribution in [3.8, 4) is 5.75 Å². The van der Waals surface area contributed by atoms with Gasteiger partial charge in [0.05, 0.1) is 17.7 Å². The van der Waals surface area contributed by atoms with E-state index in [0.717, 1.165) is 16.2 Å². The van der Waals surface area contributed by atoms with Crippen LogP contribution in [-0.4, -0.2) is 23.8 Å². The minimum Gasteiger partial charge on any atom is -0.497 e. The van der Waals surface area contributed by atoms with E-state index < -0.39 is 10.8 Å². The molecule has 1 heterocycles. The van der Waals surface area contributed by atoms with Crippen molar-refractivity contribution in [2.24, 2.45) is 5.92 Å². The SMILES string of the molecule is COc1ccc(CNc2ccc(N3C(=O)CC(C)C3=O)cc2[N+](=O)[O-])cc1. The van der Waals surface area contributed by atoms with Gasteiger partial charge in [-0.05, 0) is 29.8 Å². The molecule has 0 aromatic heterocycles. The predicted molar refractivity (Wildman–Crippen MR) is 99.7 cm³/mol. The average molecular weight is 369 g/mol. The number of ether oxygens (including phenoxy) is 1. The molecule has 1 saturated heterocycles. The molecule has 1 atom stereocenters. The zero-order valence-corrected chi connectivity index (χ0v) is 15.0. The first-order valence-corrected chi connectivity index (χ1v) is 8.42. The molecular weight excluding hydrogens is 350 g/mol. The molecule has 3 rings (SSSR count). The molecule has 2 amide bonds. The monoisotopic (exact) mass is 369 g/mol. The Hall–Kier alpha value is -3.42. The smallest absolute Gasteiger partial charge is 0.294 e. The summed E-state index contributed by atoms with van der Waals surface area (Å²) in [4.78, 5) is 36.1. The number of nitro benzene ring substituents is 1. The zero-order valence-electron chi connectivity index (χ0n) is 15.0. The molecule has 27 heavy (non-hydrogen) atoms. The van der Waals surface area contributed by atoms with E-state index >= 15 is 0 Å². The van der Waals surface area contributed by atoms with Gasteiger partial charge in [-0.2, -0.15) is 0 Å². The maximum atomic E-state index is 12.2. The summed E-state index contributed by atoms with van der Waals surface area (Å²) in [6.45, 7) is 2.04. The highest BCUT2D eigenvalue weighted by Gasteiger charge is 2.37. The standard InChI is InChI=1S/C19H19N3O5/c1-12-9-18(23)21(19(12)24)14-5-8-16(17(10-14)22(25)26)20-11-13-3-6-15(27-2)7-4-13/h3-8,10,12,20H,9,11H2,1-2H3. The maximum Gasteiger partial charge on any atom is 0.294 e. The summed E-state index contributed by atoms with van der Waals surface area (Å²) in [6, 6.07) is 11.6. The van der Waals surface area contributed by atoms with E-state index in [0.29, 0.717) is 12.2 Å². The Morgan fingerprint density at radius 3 is 2.48 bits per heavy atom. The lowest BCUT2D eigenvalue weighted by atomic mass is 10.1. The van der Waals surface area contributed by atoms with Crippen LogP contribution in [0.1, 0.15) is 18.9 Å². The van der Waals surface area contributed by atoms with Crippen LogP contribution in [0.25, 0.3) is 0 Å². The summed E-state index contributed by atoms with van der Waals surface area (Å²) in [5.41, 5.74) is 1.26. The molecule has 0 radical (unpaired) electrons. The van der Waals surface area contributed by atoms with Gasteiger partial charge in [0.2, 0.25) is 11.8 Å². The maximum absolute atomic E-state index is 12.2. The van der Waals surface area contributed by atoms with Crippen molar-refractivity contribution in [2.75, 3.05) is 17.3 Å². The van der Waals surface area contributed by atoms with Gasteiger partial charge in [0.25, 0.3) is 5.69 Å². The third-order valence-electron chi connectivity index (χ3n) is 4.45. The quantitative estimate of drug-likeness (QED) is 0.477. The first kappa shape index (κ1) is 18.4. The Morgan fingerprint density at radius 2 is 1.93 bits per heavy atom. The van der Waals surface area contributed by atoms with Crippen LogP contribution in [-0.2, 0) is 16.1 Å². The summed E-state index contributed by atoms with van der Waals surface area (Å²) in [7, 11) is 1.58. The zero-order chi connectivity index (χ0) is 19.6. The van der Waals surface area contributed by atoms with Crippen molar-refractivity contribution < 1.29 is 19.2 Å². The number of amides is 2. The van der Waals surface area contributed by atoms with Crippen molar-refractivity contribution >= 4 is 28.9 Å². The van der Waals surface area contributed by atoms with Gasteiger partial charge in [-0.3, -0.25) is 24.6 Å². The van der Waals surface area contributed by atoms with E-state index in [9.17, 15) is 19.7 Å². The third kappa shape index (κ3) is 3.74. The van der Waals surface area contributed by atoms with E-state index in [2.05, 4.69) is 5.32 Å². The molecule has 1 unspecified atom stereocenters. The summed E-state index contributed by atoms with van der Waals surface area (Å²) in [5.74, 6) is -0.373. The van der Waals surface area contributed by atoms with Gasteiger partial charge in [-0.25, -0.2) is 0 Å². The van der Waals surface area contributed by atoms with Gasteiger partial charge in [-0.15, -0.1) is 0 Å². The van der Waals surface area contributed by atoms with Crippen LogP contribution in [0.5, 0.6) is 5.75 Å². The molecule has 0 aliphatic carbocycles. The Morgan fingerprint density at radius 1 is 1.22 bits per heavy atom. The molecule has 1 fully saturated rings. The Balaban J connectivity index is 1.82. The highest BCUT2D eigenvalue weighted by atomic mass is 16.6. The van der Waals surface area contributed by atoms with E-state index in [4.69, 9.17) is 4.74 Å². The lowest BCUT2D eigenvalue weighted by Crippen LogP contribution is -2.30. The van der Waals surface area contributed by atoms with E-state index in [1.165, 1.54) is 18.2 Å². The highest BCUT2D eigenvalue weighted by Crippen LogP contribution is 2.33. The number of methoxy groups -OCH3 is 1. The molecule has 1 aliphatic heterocycles. The van der Waals surface area contributed by atoms with Gasteiger partial charge in [0.15, 0.2) is 0 Å². The molecule has 8 heteroatoms. The van der Waals surface area contributed by atoms with Crippen LogP contribution in [0.15, 0.2) is 42.5 Å². The second-order valence-corrected chi connectivity index (χ2v) is 6.33. The Bertz CT molecular complexity index is 895. The fourth-order valence-corrected chi connectivity index (χ4v) is 2.96. The van der Waals surface area contributed by atoms with E-state index in [-0.39, 0.29) is 29.6 Å². The number of hydrogen-bond donors (Lipinski definition) is 1. The van der Waals surface area contributed by atoms with Crippen LogP contribution in [0.2, 0.25) is 0 Å². The Labute approximate surface area is 155 Å². The minimum atomic E-state index is -0.533. The van der Waals surface area contributed by atoms with Crippen molar-refractivity contribution in [1.82, 2.24) is 0 Å². The van der Waals surface area contributed by atoms with Gasteiger partial charge in [-0.1, -0.05) is 19.1 Å². The lowest BCUT2D eigenvalue weighted by Gasteiger charge is -2.15. The largest absolute Gasteiger partial charge is 0.497 e. The molecule has 0 saturated carbocycles. The van der Waals surface area contributed by atoms with Crippen molar-refractivity contribution in [1.29, 1.82) is 0 Å². The number of hydrogen-bond acceptors (Lipinski definition) is 6. The van der Waals surface area contributed by atoms with Crippen LogP contribution < -0.4 is 15.0 Å². The second kappa shape index (κ2) is 7.45. The average Bonchev–Trinajstić information content (AvgIpc) is 2.92. The number of carbonyl (C=O) groups is 2. The van der Waals surface area contributed by atoms with Crippen LogP contribution in [0, 0.1) is 16.0 Å². The van der Waals surface area contributed by atoms with Gasteiger partial charge >= 0.3 is 0 Å². The highest BCUT2D eigenvalue weighted by molar-refractivity contribution is 6.21. The second-order valence-electron chi connectivity index (χ2n) is 6.33. The van der Waals surface area contributed by atoms with E-state index in [1.54, 1.807) is 26.2 Å². The molecule has 8 nitrogen and oxygen atoms in total. The summed E-state index contributed by atoms with van der Waals surface area (Å²) >= 11 is 0. The van der Waals surface area contributed by atoms with Gasteiger partial charge in [0.1, 0.15) is 11.4 Å². The lowest BCUT2D eigenvalue weighted by molar-refractivity contribution is -0.383. The van der Waals surface area contributed by atoms with E-state index in [1.807, 2.05) is 12.1 Å². The molecule has 140 valence electrons. The number of anilines is 2. The van der Waals surface area contributed by atoms with Crippen molar-refractivity contribution in [3.05, 3.63) is 58.1 Å². The Kier molecular flexibility index (Phi) is 5.07. The number of imide groups is 1. The van der Waals surface area contributed by atoms with Gasteiger partial charge < -0.3 is 10.1 Å². The van der Waals surface area contributed by atoms with Crippen LogP contribution >= 0.6 is 0 Å². The number of carbonyl (C=O) groups excluding carboxylic acids is 2. The molecule has 0 bridgehead atoms. The molecule has 0 spiro atoms. The normalized spacial score (nSPS) is 16.5. The van der Waals surface area contributed by atoms with Crippen LogP contribution in [0.3, 0.4) is 0 Å². The fraction of sp³-hybridized carbons (Fsp3) is 0.263. The van der Waals surface area contributed by atoms with Crippen molar-refractivity contribution in [2.45, 2.75) is 19.9 Å². The number of nitrogens with one attached hydrogen (secondary N) is 1. The molecular formula is C19H19N3O5. The first-order chi connectivity index (χ1) is 12.9.